The van der Waals surface area contributed by atoms with Gasteiger partial charge in [-0.25, -0.2) is 9.80 Å². The Morgan fingerprint density at radius 1 is 1.13 bits per heavy atom. The maximum Gasteiger partial charge on any atom is 0.317 e. The number of amides is 3. The van der Waals surface area contributed by atoms with Gasteiger partial charge in [-0.1, -0.05) is 48.9 Å². The standard InChI is InChI=1S/C29H38ClN5O3/c1-4-11-31-29(37)34(13-12-33-14-16-38-17-15-33)20-28(36)35-27(24-7-5-6-8-25(24)30)19-26(32-35)23-10-9-21(2)22(3)18-23/h5-10,18,27H,4,11-17,19-20H2,1-3H3,(H,31,37). The van der Waals surface area contributed by atoms with E-state index in [1.165, 1.54) is 16.1 Å². The topological polar surface area (TPSA) is 77.5 Å². The summed E-state index contributed by atoms with van der Waals surface area (Å²) in [6.45, 7) is 10.8. The van der Waals surface area contributed by atoms with Crippen molar-refractivity contribution in [3.63, 3.8) is 0 Å². The molecule has 1 atom stereocenters. The number of ether oxygens (including phenoxy) is 1. The van der Waals surface area contributed by atoms with Crippen molar-refractivity contribution in [1.29, 1.82) is 0 Å². The molecule has 8 nitrogen and oxygen atoms in total. The number of hydrazone groups is 1. The molecule has 2 heterocycles. The summed E-state index contributed by atoms with van der Waals surface area (Å²) in [6.07, 6.45) is 1.37. The van der Waals surface area contributed by atoms with Gasteiger partial charge in [-0.15, -0.1) is 0 Å². The molecule has 0 spiro atoms. The number of carbonyl (C=O) groups is 2. The quantitative estimate of drug-likeness (QED) is 0.513. The summed E-state index contributed by atoms with van der Waals surface area (Å²) >= 11 is 6.58. The molecule has 204 valence electrons. The van der Waals surface area contributed by atoms with Crippen LogP contribution in [0, 0.1) is 13.8 Å². The van der Waals surface area contributed by atoms with Crippen LogP contribution in [0.3, 0.4) is 0 Å². The van der Waals surface area contributed by atoms with Gasteiger partial charge in [0.1, 0.15) is 6.54 Å². The number of hydrogen-bond donors (Lipinski definition) is 1. The summed E-state index contributed by atoms with van der Waals surface area (Å²) in [5, 5.41) is 9.86. The first-order valence-corrected chi connectivity index (χ1v) is 13.8. The third kappa shape index (κ3) is 6.92. The van der Waals surface area contributed by atoms with Gasteiger partial charge in [-0.2, -0.15) is 5.10 Å². The molecule has 2 aliphatic heterocycles. The lowest BCUT2D eigenvalue weighted by Gasteiger charge is -2.31. The number of urea groups is 1. The van der Waals surface area contributed by atoms with Crippen LogP contribution < -0.4 is 5.32 Å². The first-order valence-electron chi connectivity index (χ1n) is 13.4. The molecule has 38 heavy (non-hydrogen) atoms. The van der Waals surface area contributed by atoms with Gasteiger partial charge >= 0.3 is 6.03 Å². The Kier molecular flexibility index (Phi) is 9.77. The van der Waals surface area contributed by atoms with E-state index in [0.29, 0.717) is 44.3 Å². The summed E-state index contributed by atoms with van der Waals surface area (Å²) in [6, 6.07) is 13.2. The van der Waals surface area contributed by atoms with Crippen LogP contribution in [-0.4, -0.2) is 84.9 Å². The van der Waals surface area contributed by atoms with Crippen molar-refractivity contribution in [2.24, 2.45) is 5.10 Å². The van der Waals surface area contributed by atoms with Crippen LogP contribution in [0.15, 0.2) is 47.6 Å². The second-order valence-electron chi connectivity index (χ2n) is 9.93. The SMILES string of the molecule is CCCNC(=O)N(CCN1CCOCC1)CC(=O)N1N=C(c2ccc(C)c(C)c2)CC1c1ccccc1Cl. The van der Waals surface area contributed by atoms with Crippen LogP contribution in [0.1, 0.15) is 48.1 Å². The molecule has 0 bridgehead atoms. The van der Waals surface area contributed by atoms with E-state index >= 15 is 0 Å². The predicted molar refractivity (Wildman–Crippen MR) is 151 cm³/mol. The highest BCUT2D eigenvalue weighted by molar-refractivity contribution is 6.31. The van der Waals surface area contributed by atoms with Gasteiger partial charge in [-0.3, -0.25) is 9.69 Å². The third-order valence-corrected chi connectivity index (χ3v) is 7.54. The molecule has 0 radical (unpaired) electrons. The van der Waals surface area contributed by atoms with Gasteiger partial charge in [0.15, 0.2) is 0 Å². The summed E-state index contributed by atoms with van der Waals surface area (Å²) in [5.41, 5.74) is 5.05. The van der Waals surface area contributed by atoms with Crippen molar-refractivity contribution >= 4 is 29.3 Å². The Hall–Kier alpha value is -2.94. The van der Waals surface area contributed by atoms with Gasteiger partial charge in [0.2, 0.25) is 0 Å². The van der Waals surface area contributed by atoms with Crippen molar-refractivity contribution in [3.05, 3.63) is 69.7 Å². The zero-order valence-corrected chi connectivity index (χ0v) is 23.3. The predicted octanol–water partition coefficient (Wildman–Crippen LogP) is 4.39. The Labute approximate surface area is 230 Å². The lowest BCUT2D eigenvalue weighted by molar-refractivity contribution is -0.133. The number of hydrogen-bond acceptors (Lipinski definition) is 5. The maximum absolute atomic E-state index is 13.8. The molecule has 2 aromatic rings. The minimum Gasteiger partial charge on any atom is -0.379 e. The fraction of sp³-hybridized carbons (Fsp3) is 0.483. The molecular formula is C29H38ClN5O3. The van der Waals surface area contributed by atoms with Crippen LogP contribution in [0.2, 0.25) is 5.02 Å². The molecule has 1 fully saturated rings. The van der Waals surface area contributed by atoms with Crippen molar-refractivity contribution in [1.82, 2.24) is 20.1 Å². The molecule has 2 aromatic carbocycles. The molecule has 0 aliphatic carbocycles. The van der Waals surface area contributed by atoms with E-state index in [1.807, 2.05) is 37.3 Å². The van der Waals surface area contributed by atoms with Crippen LogP contribution in [0.5, 0.6) is 0 Å². The summed E-state index contributed by atoms with van der Waals surface area (Å²) in [5.74, 6) is -0.234. The van der Waals surface area contributed by atoms with E-state index in [1.54, 1.807) is 4.90 Å². The number of nitrogens with one attached hydrogen (secondary N) is 1. The zero-order valence-electron chi connectivity index (χ0n) is 22.6. The summed E-state index contributed by atoms with van der Waals surface area (Å²) in [4.78, 5) is 30.7. The van der Waals surface area contributed by atoms with Crippen LogP contribution in [0.25, 0.3) is 0 Å². The Bertz CT molecular complexity index is 1160. The minimum atomic E-state index is -0.340. The van der Waals surface area contributed by atoms with E-state index in [0.717, 1.165) is 36.3 Å². The number of benzene rings is 2. The molecule has 0 aromatic heterocycles. The molecule has 1 N–H and O–H groups in total. The summed E-state index contributed by atoms with van der Waals surface area (Å²) < 4.78 is 5.44. The van der Waals surface area contributed by atoms with E-state index in [2.05, 4.69) is 36.2 Å². The zero-order chi connectivity index (χ0) is 27.1. The number of nitrogens with zero attached hydrogens (tertiary/aromatic N) is 4. The molecule has 1 saturated heterocycles. The molecule has 9 heteroatoms. The van der Waals surface area contributed by atoms with E-state index in [9.17, 15) is 9.59 Å². The molecular weight excluding hydrogens is 502 g/mol. The van der Waals surface area contributed by atoms with Gasteiger partial charge in [-0.05, 0) is 54.7 Å². The Morgan fingerprint density at radius 2 is 1.89 bits per heavy atom. The van der Waals surface area contributed by atoms with Crippen LogP contribution in [-0.2, 0) is 9.53 Å². The van der Waals surface area contributed by atoms with Crippen LogP contribution >= 0.6 is 11.6 Å². The number of morpholine rings is 1. The summed E-state index contributed by atoms with van der Waals surface area (Å²) in [7, 11) is 0. The van der Waals surface area contributed by atoms with Gasteiger partial charge in [0, 0.05) is 44.2 Å². The molecule has 4 rings (SSSR count). The highest BCUT2D eigenvalue weighted by atomic mass is 35.5. The lowest BCUT2D eigenvalue weighted by atomic mass is 9.96. The number of rotatable bonds is 9. The fourth-order valence-electron chi connectivity index (χ4n) is 4.74. The van der Waals surface area contributed by atoms with E-state index in [-0.39, 0.29) is 24.5 Å². The second-order valence-corrected chi connectivity index (χ2v) is 10.3. The average molecular weight is 540 g/mol. The van der Waals surface area contributed by atoms with Gasteiger partial charge in [0.25, 0.3) is 5.91 Å². The second kappa shape index (κ2) is 13.2. The highest BCUT2D eigenvalue weighted by Gasteiger charge is 2.35. The van der Waals surface area contributed by atoms with Gasteiger partial charge < -0.3 is 15.0 Å². The van der Waals surface area contributed by atoms with Crippen molar-refractivity contribution in [2.45, 2.75) is 39.7 Å². The van der Waals surface area contributed by atoms with Crippen molar-refractivity contribution in [3.8, 4) is 0 Å². The van der Waals surface area contributed by atoms with E-state index in [4.69, 9.17) is 21.4 Å². The molecule has 1 unspecified atom stereocenters. The largest absolute Gasteiger partial charge is 0.379 e. The smallest absolute Gasteiger partial charge is 0.317 e. The van der Waals surface area contributed by atoms with Gasteiger partial charge in [0.05, 0.1) is 25.0 Å². The van der Waals surface area contributed by atoms with E-state index < -0.39 is 0 Å². The molecule has 2 aliphatic rings. The first kappa shape index (κ1) is 28.1. The number of carbonyl (C=O) groups excluding carboxylic acids is 2. The molecule has 3 amide bonds. The maximum atomic E-state index is 13.8. The third-order valence-electron chi connectivity index (χ3n) is 7.20. The minimum absolute atomic E-state index is 0.0649. The number of aryl methyl sites for hydroxylation is 2. The van der Waals surface area contributed by atoms with Crippen molar-refractivity contribution in [2.75, 3.05) is 52.5 Å². The Morgan fingerprint density at radius 3 is 2.61 bits per heavy atom. The molecule has 0 saturated carbocycles. The van der Waals surface area contributed by atoms with Crippen molar-refractivity contribution < 1.29 is 14.3 Å². The normalized spacial score (nSPS) is 17.8. The lowest BCUT2D eigenvalue weighted by Crippen LogP contribution is -2.49. The monoisotopic (exact) mass is 539 g/mol. The average Bonchev–Trinajstić information content (AvgIpc) is 3.37. The fourth-order valence-corrected chi connectivity index (χ4v) is 5.00. The Balaban J connectivity index is 1.57. The number of halogens is 1. The highest BCUT2D eigenvalue weighted by Crippen LogP contribution is 2.36. The first-order chi connectivity index (χ1) is 18.4. The van der Waals surface area contributed by atoms with Crippen LogP contribution in [0.4, 0.5) is 4.79 Å².